The Morgan fingerprint density at radius 2 is 1.89 bits per heavy atom. The number of amides is 2. The van der Waals surface area contributed by atoms with Crippen molar-refractivity contribution in [3.05, 3.63) is 35.9 Å². The van der Waals surface area contributed by atoms with Crippen LogP contribution in [0.15, 0.2) is 30.3 Å². The van der Waals surface area contributed by atoms with Crippen molar-refractivity contribution in [1.29, 1.82) is 0 Å². The zero-order chi connectivity index (χ0) is 14.4. The Balaban J connectivity index is 2.65. The highest BCUT2D eigenvalue weighted by atomic mass is 16.2. The van der Waals surface area contributed by atoms with E-state index in [0.29, 0.717) is 6.54 Å². The van der Waals surface area contributed by atoms with Crippen molar-refractivity contribution in [3.8, 4) is 0 Å². The molecule has 0 aliphatic rings. The van der Waals surface area contributed by atoms with Crippen LogP contribution in [0.1, 0.15) is 18.5 Å². The van der Waals surface area contributed by atoms with Gasteiger partial charge >= 0.3 is 0 Å². The van der Waals surface area contributed by atoms with Gasteiger partial charge in [0, 0.05) is 20.6 Å². The number of likely N-dealkylation sites (N-methyl/N-ethyl adjacent to an activating group) is 1. The Morgan fingerprint density at radius 3 is 2.42 bits per heavy atom. The standard InChI is InChI=1S/C14H21N3O2/c1-10(13(18)16-2)9-17(3)14(19)12(15)11-7-5-4-6-8-11/h4-8,10,12H,9,15H2,1-3H3,(H,16,18)/t10?,12-/m1/s1. The minimum Gasteiger partial charge on any atom is -0.359 e. The minimum absolute atomic E-state index is 0.0899. The fourth-order valence-corrected chi connectivity index (χ4v) is 1.87. The predicted molar refractivity (Wildman–Crippen MR) is 74.2 cm³/mol. The summed E-state index contributed by atoms with van der Waals surface area (Å²) in [5.74, 6) is -0.545. The smallest absolute Gasteiger partial charge is 0.243 e. The van der Waals surface area contributed by atoms with E-state index < -0.39 is 6.04 Å². The van der Waals surface area contributed by atoms with Crippen molar-refractivity contribution in [2.75, 3.05) is 20.6 Å². The number of carbonyl (C=O) groups excluding carboxylic acids is 2. The summed E-state index contributed by atoms with van der Waals surface area (Å²) in [5, 5.41) is 2.56. The second-order valence-electron chi connectivity index (χ2n) is 4.62. The lowest BCUT2D eigenvalue weighted by molar-refractivity contribution is -0.133. The molecule has 5 nitrogen and oxygen atoms in total. The number of benzene rings is 1. The summed E-state index contributed by atoms with van der Waals surface area (Å²) in [4.78, 5) is 25.1. The van der Waals surface area contributed by atoms with Gasteiger partial charge in [-0.25, -0.2) is 0 Å². The zero-order valence-corrected chi connectivity index (χ0v) is 11.6. The minimum atomic E-state index is -0.692. The monoisotopic (exact) mass is 263 g/mol. The first-order valence-electron chi connectivity index (χ1n) is 6.24. The van der Waals surface area contributed by atoms with Crippen LogP contribution in [0.25, 0.3) is 0 Å². The van der Waals surface area contributed by atoms with Crippen molar-refractivity contribution in [1.82, 2.24) is 10.2 Å². The van der Waals surface area contributed by atoms with Crippen molar-refractivity contribution < 1.29 is 9.59 Å². The first-order valence-corrected chi connectivity index (χ1v) is 6.24. The zero-order valence-electron chi connectivity index (χ0n) is 11.6. The molecule has 2 atom stereocenters. The van der Waals surface area contributed by atoms with Gasteiger partial charge < -0.3 is 16.0 Å². The third kappa shape index (κ3) is 4.06. The number of nitrogens with two attached hydrogens (primary N) is 1. The molecule has 0 aromatic heterocycles. The first-order chi connectivity index (χ1) is 8.97. The van der Waals surface area contributed by atoms with Crippen molar-refractivity contribution >= 4 is 11.8 Å². The molecule has 19 heavy (non-hydrogen) atoms. The van der Waals surface area contributed by atoms with E-state index in [0.717, 1.165) is 5.56 Å². The van der Waals surface area contributed by atoms with Crippen LogP contribution in [-0.4, -0.2) is 37.4 Å². The van der Waals surface area contributed by atoms with Gasteiger partial charge in [0.25, 0.3) is 0 Å². The van der Waals surface area contributed by atoms with Crippen molar-refractivity contribution in [3.63, 3.8) is 0 Å². The molecule has 0 spiro atoms. The van der Waals surface area contributed by atoms with E-state index in [2.05, 4.69) is 5.32 Å². The molecule has 0 fully saturated rings. The Kier molecular flexibility index (Phi) is 5.51. The molecular weight excluding hydrogens is 242 g/mol. The molecule has 1 unspecified atom stereocenters. The van der Waals surface area contributed by atoms with Crippen LogP contribution in [0.3, 0.4) is 0 Å². The Morgan fingerprint density at radius 1 is 1.32 bits per heavy atom. The Hall–Kier alpha value is -1.88. The molecule has 0 aliphatic heterocycles. The summed E-state index contributed by atoms with van der Waals surface area (Å²) in [6, 6.07) is 8.50. The van der Waals surface area contributed by atoms with Crippen LogP contribution in [0.5, 0.6) is 0 Å². The number of hydrogen-bond donors (Lipinski definition) is 2. The van der Waals surface area contributed by atoms with E-state index in [-0.39, 0.29) is 17.7 Å². The Labute approximate surface area is 113 Å². The molecule has 3 N–H and O–H groups in total. The molecular formula is C14H21N3O2. The van der Waals surface area contributed by atoms with Crippen LogP contribution in [0, 0.1) is 5.92 Å². The predicted octanol–water partition coefficient (Wildman–Crippen LogP) is 0.527. The van der Waals surface area contributed by atoms with E-state index in [4.69, 9.17) is 5.73 Å². The lowest BCUT2D eigenvalue weighted by atomic mass is 10.1. The third-order valence-electron chi connectivity index (χ3n) is 3.04. The average Bonchev–Trinajstić information content (AvgIpc) is 2.45. The van der Waals surface area contributed by atoms with Gasteiger partial charge in [-0.1, -0.05) is 37.3 Å². The normalized spacial score (nSPS) is 13.5. The maximum absolute atomic E-state index is 12.2. The summed E-state index contributed by atoms with van der Waals surface area (Å²) in [6.45, 7) is 2.12. The first kappa shape index (κ1) is 15.2. The lowest BCUT2D eigenvalue weighted by Crippen LogP contribution is -2.41. The summed E-state index contributed by atoms with van der Waals surface area (Å²) in [7, 11) is 3.24. The number of nitrogens with one attached hydrogen (secondary N) is 1. The fraction of sp³-hybridized carbons (Fsp3) is 0.429. The van der Waals surface area contributed by atoms with E-state index >= 15 is 0 Å². The Bertz CT molecular complexity index is 434. The van der Waals surface area contributed by atoms with Gasteiger partial charge in [0.15, 0.2) is 0 Å². The number of carbonyl (C=O) groups is 2. The summed E-state index contributed by atoms with van der Waals surface area (Å²) in [5.41, 5.74) is 6.70. The molecule has 1 rings (SSSR count). The van der Waals surface area contributed by atoms with E-state index in [9.17, 15) is 9.59 Å². The molecule has 1 aromatic rings. The van der Waals surface area contributed by atoms with Gasteiger partial charge in [-0.05, 0) is 5.56 Å². The molecule has 0 aliphatic carbocycles. The van der Waals surface area contributed by atoms with E-state index in [1.165, 1.54) is 4.90 Å². The van der Waals surface area contributed by atoms with E-state index in [1.54, 1.807) is 21.0 Å². The van der Waals surface area contributed by atoms with Crippen LogP contribution in [0.2, 0.25) is 0 Å². The van der Waals surface area contributed by atoms with Crippen molar-refractivity contribution in [2.45, 2.75) is 13.0 Å². The highest BCUT2D eigenvalue weighted by molar-refractivity contribution is 5.84. The molecule has 0 heterocycles. The van der Waals surface area contributed by atoms with Crippen LogP contribution in [0.4, 0.5) is 0 Å². The second-order valence-corrected chi connectivity index (χ2v) is 4.62. The molecule has 0 saturated heterocycles. The SMILES string of the molecule is CNC(=O)C(C)CN(C)C(=O)[C@H](N)c1ccccc1. The van der Waals surface area contributed by atoms with Crippen LogP contribution in [-0.2, 0) is 9.59 Å². The lowest BCUT2D eigenvalue weighted by Gasteiger charge is -2.24. The molecule has 1 aromatic carbocycles. The summed E-state index contributed by atoms with van der Waals surface area (Å²) < 4.78 is 0. The van der Waals surface area contributed by atoms with Crippen molar-refractivity contribution in [2.24, 2.45) is 11.7 Å². The molecule has 104 valence electrons. The van der Waals surface area contributed by atoms with E-state index in [1.807, 2.05) is 30.3 Å². The highest BCUT2D eigenvalue weighted by Gasteiger charge is 2.22. The third-order valence-corrected chi connectivity index (χ3v) is 3.04. The van der Waals surface area contributed by atoms with Gasteiger partial charge in [0.1, 0.15) is 6.04 Å². The highest BCUT2D eigenvalue weighted by Crippen LogP contribution is 2.13. The maximum atomic E-state index is 12.2. The molecule has 0 saturated carbocycles. The number of rotatable bonds is 5. The second kappa shape index (κ2) is 6.89. The molecule has 2 amide bonds. The number of hydrogen-bond acceptors (Lipinski definition) is 3. The van der Waals surface area contributed by atoms with Gasteiger partial charge in [0.05, 0.1) is 5.92 Å². The molecule has 5 heteroatoms. The van der Waals surface area contributed by atoms with Gasteiger partial charge in [0.2, 0.25) is 11.8 Å². The van der Waals surface area contributed by atoms with Crippen LogP contribution < -0.4 is 11.1 Å². The average molecular weight is 263 g/mol. The molecule has 0 bridgehead atoms. The quantitative estimate of drug-likeness (QED) is 0.813. The molecule has 0 radical (unpaired) electrons. The largest absolute Gasteiger partial charge is 0.359 e. The fourth-order valence-electron chi connectivity index (χ4n) is 1.87. The van der Waals surface area contributed by atoms with Crippen LogP contribution >= 0.6 is 0 Å². The topological polar surface area (TPSA) is 75.4 Å². The van der Waals surface area contributed by atoms with Gasteiger partial charge in [-0.2, -0.15) is 0 Å². The summed E-state index contributed by atoms with van der Waals surface area (Å²) in [6.07, 6.45) is 0. The maximum Gasteiger partial charge on any atom is 0.243 e. The number of nitrogens with zero attached hydrogens (tertiary/aromatic N) is 1. The van der Waals surface area contributed by atoms with Gasteiger partial charge in [-0.3, -0.25) is 9.59 Å². The van der Waals surface area contributed by atoms with Gasteiger partial charge in [-0.15, -0.1) is 0 Å². The summed E-state index contributed by atoms with van der Waals surface area (Å²) >= 11 is 0.